The summed E-state index contributed by atoms with van der Waals surface area (Å²) in [6, 6.07) is 0. The monoisotopic (exact) mass is 359 g/mol. The van der Waals surface area contributed by atoms with Crippen LogP contribution in [0, 0.1) is 11.8 Å². The smallest absolute Gasteiger partial charge is 0.332 e. The van der Waals surface area contributed by atoms with Gasteiger partial charge in [-0.05, 0) is 24.7 Å². The van der Waals surface area contributed by atoms with Gasteiger partial charge in [0.25, 0.3) is 5.56 Å². The summed E-state index contributed by atoms with van der Waals surface area (Å²) in [4.78, 5) is 43.5. The summed E-state index contributed by atoms with van der Waals surface area (Å²) in [5.74, 6) is 1.41. The number of nitrogens with zero attached hydrogens (tertiary/aromatic N) is 5. The lowest BCUT2D eigenvalue weighted by Gasteiger charge is -2.41. The van der Waals surface area contributed by atoms with Gasteiger partial charge in [-0.25, -0.2) is 9.78 Å². The van der Waals surface area contributed by atoms with Crippen LogP contribution in [0.2, 0.25) is 0 Å². The molecule has 2 atom stereocenters. The molecule has 8 nitrogen and oxygen atoms in total. The topological polar surface area (TPSA) is 82.1 Å². The predicted molar refractivity (Wildman–Crippen MR) is 96.9 cm³/mol. The summed E-state index contributed by atoms with van der Waals surface area (Å²) in [6.45, 7) is 1.71. The first-order valence-electron chi connectivity index (χ1n) is 9.36. The molecule has 2 aliphatic rings. The number of hydrogen-bond acceptors (Lipinski definition) is 4. The number of rotatable bonds is 2. The van der Waals surface area contributed by atoms with Crippen molar-refractivity contribution in [1.29, 1.82) is 0 Å². The van der Waals surface area contributed by atoms with E-state index in [1.807, 2.05) is 4.90 Å². The van der Waals surface area contributed by atoms with Crippen LogP contribution in [0.25, 0.3) is 11.2 Å². The summed E-state index contributed by atoms with van der Waals surface area (Å²) in [7, 11) is 3.02. The molecule has 3 heterocycles. The van der Waals surface area contributed by atoms with E-state index >= 15 is 0 Å². The van der Waals surface area contributed by atoms with Crippen LogP contribution in [-0.2, 0) is 25.4 Å². The molecule has 2 unspecified atom stereocenters. The first kappa shape index (κ1) is 17.1. The highest BCUT2D eigenvalue weighted by atomic mass is 16.2. The largest absolute Gasteiger partial charge is 0.341 e. The second kappa shape index (κ2) is 6.41. The normalized spacial score (nSPS) is 23.2. The molecule has 1 saturated heterocycles. The molecule has 140 valence electrons. The molecule has 8 heteroatoms. The van der Waals surface area contributed by atoms with Crippen molar-refractivity contribution in [2.24, 2.45) is 25.9 Å². The van der Waals surface area contributed by atoms with E-state index in [1.165, 1.54) is 43.6 Å². The zero-order chi connectivity index (χ0) is 18.4. The van der Waals surface area contributed by atoms with E-state index in [9.17, 15) is 14.4 Å². The molecule has 0 aromatic carbocycles. The summed E-state index contributed by atoms with van der Waals surface area (Å²) in [6.07, 6.45) is 7.65. The minimum atomic E-state index is -0.418. The van der Waals surface area contributed by atoms with Crippen molar-refractivity contribution in [2.75, 3.05) is 13.1 Å². The number of imidazole rings is 1. The average molecular weight is 359 g/mol. The Hall–Kier alpha value is -2.38. The van der Waals surface area contributed by atoms with Gasteiger partial charge >= 0.3 is 5.69 Å². The van der Waals surface area contributed by atoms with E-state index in [-0.39, 0.29) is 12.5 Å². The summed E-state index contributed by atoms with van der Waals surface area (Å²) >= 11 is 0. The van der Waals surface area contributed by atoms with Crippen molar-refractivity contribution in [3.05, 3.63) is 27.2 Å². The quantitative estimate of drug-likeness (QED) is 0.781. The molecule has 1 saturated carbocycles. The summed E-state index contributed by atoms with van der Waals surface area (Å²) < 4.78 is 3.97. The highest BCUT2D eigenvalue weighted by Gasteiger charge is 2.33. The SMILES string of the molecule is Cn1c(=O)c2c(ncn2CC(=O)N2CCC3CCCCC3C2)n(C)c1=O. The number of aromatic nitrogens is 4. The van der Waals surface area contributed by atoms with Gasteiger partial charge in [0.15, 0.2) is 11.2 Å². The third-order valence-corrected chi connectivity index (χ3v) is 6.17. The lowest BCUT2D eigenvalue weighted by Crippen LogP contribution is -2.46. The van der Waals surface area contributed by atoms with Crippen molar-refractivity contribution < 1.29 is 4.79 Å². The Morgan fingerprint density at radius 1 is 1.12 bits per heavy atom. The highest BCUT2D eigenvalue weighted by molar-refractivity contribution is 5.79. The van der Waals surface area contributed by atoms with E-state index in [0.717, 1.165) is 30.0 Å². The molecule has 2 aromatic heterocycles. The van der Waals surface area contributed by atoms with E-state index in [2.05, 4.69) is 4.98 Å². The summed E-state index contributed by atoms with van der Waals surface area (Å²) in [5.41, 5.74) is -0.217. The van der Waals surface area contributed by atoms with Crippen LogP contribution < -0.4 is 11.2 Å². The maximum atomic E-state index is 12.8. The molecule has 0 radical (unpaired) electrons. The molecule has 2 fully saturated rings. The Bertz CT molecular complexity index is 970. The number of piperidine rings is 1. The van der Waals surface area contributed by atoms with Gasteiger partial charge in [0, 0.05) is 27.2 Å². The van der Waals surface area contributed by atoms with Gasteiger partial charge in [0.2, 0.25) is 5.91 Å². The lowest BCUT2D eigenvalue weighted by atomic mass is 9.75. The van der Waals surface area contributed by atoms with Gasteiger partial charge in [0.05, 0.1) is 6.33 Å². The van der Waals surface area contributed by atoms with Crippen molar-refractivity contribution in [1.82, 2.24) is 23.6 Å². The fourth-order valence-electron chi connectivity index (χ4n) is 4.59. The number of hydrogen-bond donors (Lipinski definition) is 0. The fourth-order valence-corrected chi connectivity index (χ4v) is 4.59. The third kappa shape index (κ3) is 2.68. The Morgan fingerprint density at radius 3 is 2.62 bits per heavy atom. The molecule has 0 bridgehead atoms. The number of carbonyl (C=O) groups excluding carboxylic acids is 1. The van der Waals surface area contributed by atoms with Crippen molar-refractivity contribution in [3.63, 3.8) is 0 Å². The number of aryl methyl sites for hydroxylation is 1. The van der Waals surface area contributed by atoms with E-state index in [4.69, 9.17) is 0 Å². The zero-order valence-electron chi connectivity index (χ0n) is 15.3. The second-order valence-electron chi connectivity index (χ2n) is 7.68. The maximum absolute atomic E-state index is 12.8. The number of likely N-dealkylation sites (tertiary alicyclic amines) is 1. The number of amides is 1. The third-order valence-electron chi connectivity index (χ3n) is 6.17. The van der Waals surface area contributed by atoms with Crippen molar-refractivity contribution in [2.45, 2.75) is 38.6 Å². The molecule has 1 aliphatic heterocycles. The zero-order valence-corrected chi connectivity index (χ0v) is 15.3. The van der Waals surface area contributed by atoms with E-state index in [0.29, 0.717) is 17.1 Å². The number of carbonyl (C=O) groups is 1. The van der Waals surface area contributed by atoms with Gasteiger partial charge in [-0.1, -0.05) is 19.3 Å². The fraction of sp³-hybridized carbons (Fsp3) is 0.667. The Morgan fingerprint density at radius 2 is 1.85 bits per heavy atom. The minimum Gasteiger partial charge on any atom is -0.341 e. The van der Waals surface area contributed by atoms with Crippen molar-refractivity contribution >= 4 is 17.1 Å². The second-order valence-corrected chi connectivity index (χ2v) is 7.68. The molecule has 1 aliphatic carbocycles. The Balaban J connectivity index is 1.59. The molecule has 1 amide bonds. The van der Waals surface area contributed by atoms with E-state index in [1.54, 1.807) is 11.6 Å². The first-order chi connectivity index (χ1) is 12.5. The number of fused-ring (bicyclic) bond motifs is 2. The Kier molecular flexibility index (Phi) is 4.20. The van der Waals surface area contributed by atoms with Crippen LogP contribution in [0.1, 0.15) is 32.1 Å². The van der Waals surface area contributed by atoms with Gasteiger partial charge in [-0.15, -0.1) is 0 Å². The summed E-state index contributed by atoms with van der Waals surface area (Å²) in [5, 5.41) is 0. The van der Waals surface area contributed by atoms with Gasteiger partial charge in [-0.3, -0.25) is 18.7 Å². The first-order valence-corrected chi connectivity index (χ1v) is 9.36. The molecule has 2 aromatic rings. The molecule has 4 rings (SSSR count). The van der Waals surface area contributed by atoms with Crippen LogP contribution in [0.4, 0.5) is 0 Å². The van der Waals surface area contributed by atoms with Gasteiger partial charge in [-0.2, -0.15) is 0 Å². The van der Waals surface area contributed by atoms with Crippen LogP contribution >= 0.6 is 0 Å². The maximum Gasteiger partial charge on any atom is 0.332 e. The predicted octanol–water partition coefficient (Wildman–Crippen LogP) is 0.472. The van der Waals surface area contributed by atoms with Crippen LogP contribution in [0.15, 0.2) is 15.9 Å². The Labute approximate surface area is 151 Å². The van der Waals surface area contributed by atoms with E-state index < -0.39 is 11.2 Å². The van der Waals surface area contributed by atoms with Crippen LogP contribution in [0.5, 0.6) is 0 Å². The molecule has 0 spiro atoms. The van der Waals surface area contributed by atoms with Crippen molar-refractivity contribution in [3.8, 4) is 0 Å². The van der Waals surface area contributed by atoms with Gasteiger partial charge in [0.1, 0.15) is 6.54 Å². The molecular formula is C18H25N5O3. The van der Waals surface area contributed by atoms with Gasteiger partial charge < -0.3 is 9.47 Å². The molecule has 26 heavy (non-hydrogen) atoms. The average Bonchev–Trinajstić information content (AvgIpc) is 3.08. The van der Waals surface area contributed by atoms with Crippen LogP contribution in [-0.4, -0.2) is 42.6 Å². The molecule has 0 N–H and O–H groups in total. The molecular weight excluding hydrogens is 334 g/mol. The standard InChI is InChI=1S/C18H25N5O3/c1-20-16-15(17(25)21(2)18(20)26)23(11-19-16)10-14(24)22-8-7-12-5-3-4-6-13(12)9-22/h11-13H,3-10H2,1-2H3. The van der Waals surface area contributed by atoms with Crippen LogP contribution in [0.3, 0.4) is 0 Å². The highest BCUT2D eigenvalue weighted by Crippen LogP contribution is 2.36. The lowest BCUT2D eigenvalue weighted by molar-refractivity contribution is -0.134. The minimum absolute atomic E-state index is 0.0178.